The lowest BCUT2D eigenvalue weighted by molar-refractivity contribution is 0.194. The van der Waals surface area contributed by atoms with Gasteiger partial charge in [-0.15, -0.1) is 0 Å². The van der Waals surface area contributed by atoms with Gasteiger partial charge in [-0.2, -0.15) is 0 Å². The van der Waals surface area contributed by atoms with E-state index < -0.39 is 6.09 Å². The number of rotatable bonds is 3. The maximum absolute atomic E-state index is 10.4. The summed E-state index contributed by atoms with van der Waals surface area (Å²) in [7, 11) is 3.80. The number of carboxylic acid groups (broad SMARTS) is 1. The second-order valence-corrected chi connectivity index (χ2v) is 3.44. The van der Waals surface area contributed by atoms with Gasteiger partial charge in [0, 0.05) is 32.0 Å². The summed E-state index contributed by atoms with van der Waals surface area (Å²) in [6.45, 7) is 0.258. The van der Waals surface area contributed by atoms with Crippen molar-refractivity contribution in [1.82, 2.24) is 5.32 Å². The summed E-state index contributed by atoms with van der Waals surface area (Å²) < 4.78 is 0. The zero-order valence-electron chi connectivity index (χ0n) is 8.82. The predicted molar refractivity (Wildman–Crippen MR) is 60.0 cm³/mol. The lowest BCUT2D eigenvalue weighted by Crippen LogP contribution is -2.22. The molecule has 1 amide bonds. The van der Waals surface area contributed by atoms with Gasteiger partial charge in [0.05, 0.1) is 0 Å². The molecule has 0 fully saturated rings. The second-order valence-electron chi connectivity index (χ2n) is 3.44. The molecule has 4 N–H and O–H groups in total. The molecule has 0 atom stereocenters. The van der Waals surface area contributed by atoms with Crippen molar-refractivity contribution in [1.29, 1.82) is 0 Å². The smallest absolute Gasteiger partial charge is 0.404 e. The van der Waals surface area contributed by atoms with Crippen LogP contribution in [0.5, 0.6) is 0 Å². The lowest BCUT2D eigenvalue weighted by Gasteiger charge is -2.17. The van der Waals surface area contributed by atoms with Gasteiger partial charge in [-0.25, -0.2) is 4.79 Å². The van der Waals surface area contributed by atoms with E-state index in [1.54, 1.807) is 12.1 Å². The van der Waals surface area contributed by atoms with Crippen LogP contribution in [-0.2, 0) is 6.54 Å². The Morgan fingerprint density at radius 2 is 2.20 bits per heavy atom. The zero-order valence-corrected chi connectivity index (χ0v) is 8.82. The van der Waals surface area contributed by atoms with Gasteiger partial charge in [0.1, 0.15) is 0 Å². The van der Waals surface area contributed by atoms with Crippen LogP contribution >= 0.6 is 0 Å². The molecule has 0 aliphatic rings. The monoisotopic (exact) mass is 209 g/mol. The number of amides is 1. The van der Waals surface area contributed by atoms with Crippen LogP contribution < -0.4 is 16.0 Å². The van der Waals surface area contributed by atoms with Crippen molar-refractivity contribution < 1.29 is 9.90 Å². The Labute approximate surface area is 88.5 Å². The van der Waals surface area contributed by atoms with E-state index in [9.17, 15) is 4.79 Å². The Balaban J connectivity index is 2.91. The van der Waals surface area contributed by atoms with Crippen molar-refractivity contribution in [2.24, 2.45) is 0 Å². The molecule has 15 heavy (non-hydrogen) atoms. The molecule has 5 heteroatoms. The number of nitrogens with zero attached hydrogens (tertiary/aromatic N) is 1. The third-order valence-electron chi connectivity index (χ3n) is 2.02. The first kappa shape index (κ1) is 11.2. The summed E-state index contributed by atoms with van der Waals surface area (Å²) in [4.78, 5) is 12.3. The van der Waals surface area contributed by atoms with Crippen LogP contribution in [0, 0.1) is 0 Å². The van der Waals surface area contributed by atoms with E-state index in [0.717, 1.165) is 11.3 Å². The molecule has 0 spiro atoms. The summed E-state index contributed by atoms with van der Waals surface area (Å²) in [6, 6.07) is 5.43. The number of nitrogens with two attached hydrogens (primary N) is 1. The van der Waals surface area contributed by atoms with E-state index in [1.165, 1.54) is 0 Å². The van der Waals surface area contributed by atoms with Gasteiger partial charge in [0.25, 0.3) is 0 Å². The van der Waals surface area contributed by atoms with Crippen LogP contribution in [-0.4, -0.2) is 25.3 Å². The van der Waals surface area contributed by atoms with E-state index in [2.05, 4.69) is 5.32 Å². The number of nitrogen functional groups attached to an aromatic ring is 1. The molecular formula is C10H15N3O2. The van der Waals surface area contributed by atoms with E-state index in [1.807, 2.05) is 25.1 Å². The van der Waals surface area contributed by atoms with Crippen molar-refractivity contribution in [3.05, 3.63) is 23.8 Å². The first-order valence-electron chi connectivity index (χ1n) is 4.53. The summed E-state index contributed by atoms with van der Waals surface area (Å²) in [5.74, 6) is 0. The molecule has 1 aromatic rings. The molecule has 0 heterocycles. The summed E-state index contributed by atoms with van der Waals surface area (Å²) in [5, 5.41) is 10.8. The van der Waals surface area contributed by atoms with Gasteiger partial charge in [0.15, 0.2) is 0 Å². The third kappa shape index (κ3) is 3.05. The normalized spacial score (nSPS) is 9.73. The highest BCUT2D eigenvalue weighted by Gasteiger charge is 2.05. The van der Waals surface area contributed by atoms with Crippen LogP contribution in [0.3, 0.4) is 0 Å². The van der Waals surface area contributed by atoms with Crippen molar-refractivity contribution in [2.75, 3.05) is 24.7 Å². The minimum absolute atomic E-state index is 0.258. The van der Waals surface area contributed by atoms with Crippen LogP contribution in [0.1, 0.15) is 5.56 Å². The van der Waals surface area contributed by atoms with Gasteiger partial charge < -0.3 is 21.1 Å². The number of anilines is 2. The fourth-order valence-corrected chi connectivity index (χ4v) is 1.35. The van der Waals surface area contributed by atoms with E-state index in [0.29, 0.717) is 5.69 Å². The minimum atomic E-state index is -1.04. The summed E-state index contributed by atoms with van der Waals surface area (Å²) in [5.41, 5.74) is 8.09. The minimum Gasteiger partial charge on any atom is -0.465 e. The predicted octanol–water partition coefficient (Wildman–Crippen LogP) is 1.10. The highest BCUT2D eigenvalue weighted by Crippen LogP contribution is 2.21. The first-order valence-corrected chi connectivity index (χ1v) is 4.53. The Hall–Kier alpha value is -1.91. The SMILES string of the molecule is CN(C)c1ccc(N)cc1CNC(=O)O. The molecule has 0 aliphatic carbocycles. The van der Waals surface area contributed by atoms with Crippen molar-refractivity contribution in [2.45, 2.75) is 6.54 Å². The molecule has 0 aromatic heterocycles. The molecule has 0 radical (unpaired) electrons. The zero-order chi connectivity index (χ0) is 11.4. The number of hydrogen-bond donors (Lipinski definition) is 3. The molecule has 0 bridgehead atoms. The largest absolute Gasteiger partial charge is 0.465 e. The molecule has 0 unspecified atom stereocenters. The Bertz CT molecular complexity index is 364. The van der Waals surface area contributed by atoms with Gasteiger partial charge in [-0.1, -0.05) is 0 Å². The number of nitrogens with one attached hydrogen (secondary N) is 1. The fraction of sp³-hybridized carbons (Fsp3) is 0.300. The Kier molecular flexibility index (Phi) is 3.38. The molecule has 82 valence electrons. The molecular weight excluding hydrogens is 194 g/mol. The van der Waals surface area contributed by atoms with Crippen LogP contribution in [0.15, 0.2) is 18.2 Å². The Morgan fingerprint density at radius 1 is 1.53 bits per heavy atom. The molecule has 0 aliphatic heterocycles. The maximum Gasteiger partial charge on any atom is 0.404 e. The molecule has 1 aromatic carbocycles. The van der Waals surface area contributed by atoms with Gasteiger partial charge in [0.2, 0.25) is 0 Å². The molecule has 0 saturated heterocycles. The second kappa shape index (κ2) is 4.54. The lowest BCUT2D eigenvalue weighted by atomic mass is 10.1. The number of carbonyl (C=O) groups is 1. The van der Waals surface area contributed by atoms with Crippen LogP contribution in [0.4, 0.5) is 16.2 Å². The van der Waals surface area contributed by atoms with Gasteiger partial charge in [-0.05, 0) is 23.8 Å². The average Bonchev–Trinajstić information content (AvgIpc) is 2.14. The van der Waals surface area contributed by atoms with Gasteiger partial charge >= 0.3 is 6.09 Å². The highest BCUT2D eigenvalue weighted by atomic mass is 16.4. The first-order chi connectivity index (χ1) is 7.00. The third-order valence-corrected chi connectivity index (χ3v) is 2.02. The van der Waals surface area contributed by atoms with E-state index in [4.69, 9.17) is 10.8 Å². The maximum atomic E-state index is 10.4. The number of benzene rings is 1. The molecule has 1 rings (SSSR count). The molecule has 0 saturated carbocycles. The Morgan fingerprint density at radius 3 is 2.73 bits per heavy atom. The van der Waals surface area contributed by atoms with E-state index >= 15 is 0 Å². The van der Waals surface area contributed by atoms with Crippen molar-refractivity contribution >= 4 is 17.5 Å². The summed E-state index contributed by atoms with van der Waals surface area (Å²) in [6.07, 6.45) is -1.04. The molecule has 5 nitrogen and oxygen atoms in total. The average molecular weight is 209 g/mol. The highest BCUT2D eigenvalue weighted by molar-refractivity contribution is 5.66. The topological polar surface area (TPSA) is 78.6 Å². The quantitative estimate of drug-likeness (QED) is 0.651. The van der Waals surface area contributed by atoms with Crippen LogP contribution in [0.2, 0.25) is 0 Å². The van der Waals surface area contributed by atoms with Crippen LogP contribution in [0.25, 0.3) is 0 Å². The summed E-state index contributed by atoms with van der Waals surface area (Å²) >= 11 is 0. The standard InChI is InChI=1S/C10H15N3O2/c1-13(2)9-4-3-8(11)5-7(9)6-12-10(14)15/h3-5,12H,6,11H2,1-2H3,(H,14,15). The van der Waals surface area contributed by atoms with Crippen molar-refractivity contribution in [3.63, 3.8) is 0 Å². The van der Waals surface area contributed by atoms with Crippen molar-refractivity contribution in [3.8, 4) is 0 Å². The van der Waals surface area contributed by atoms with Gasteiger partial charge in [-0.3, -0.25) is 0 Å². The van der Waals surface area contributed by atoms with E-state index in [-0.39, 0.29) is 6.54 Å². The fourth-order valence-electron chi connectivity index (χ4n) is 1.35. The number of hydrogen-bond acceptors (Lipinski definition) is 3.